The first-order chi connectivity index (χ1) is 7.24. The maximum Gasteiger partial charge on any atom is 0.235 e. The molecule has 0 saturated heterocycles. The zero-order valence-electron chi connectivity index (χ0n) is 8.41. The monoisotopic (exact) mass is 227 g/mol. The Morgan fingerprint density at radius 2 is 2.13 bits per heavy atom. The van der Waals surface area contributed by atoms with Crippen LogP contribution in [0.5, 0.6) is 11.5 Å². The molecule has 1 aromatic carbocycles. The first-order valence-corrected chi connectivity index (χ1v) is 4.55. The van der Waals surface area contributed by atoms with E-state index in [9.17, 15) is 4.79 Å². The SMILES string of the molecule is COc1ccc(Cl)c(CN=C=O)c1OC. The maximum absolute atomic E-state index is 10.0. The van der Waals surface area contributed by atoms with E-state index in [1.165, 1.54) is 20.3 Å². The second-order valence-electron chi connectivity index (χ2n) is 2.67. The summed E-state index contributed by atoms with van der Waals surface area (Å²) in [6.07, 6.45) is 1.45. The number of hydrogen-bond donors (Lipinski definition) is 0. The van der Waals surface area contributed by atoms with Crippen LogP contribution >= 0.6 is 11.6 Å². The van der Waals surface area contributed by atoms with E-state index in [0.717, 1.165) is 0 Å². The van der Waals surface area contributed by atoms with Crippen LogP contribution in [-0.2, 0) is 11.3 Å². The lowest BCUT2D eigenvalue weighted by Crippen LogP contribution is -1.96. The number of hydrogen-bond acceptors (Lipinski definition) is 4. The molecule has 0 aromatic heterocycles. The van der Waals surface area contributed by atoms with Crippen molar-refractivity contribution in [2.75, 3.05) is 14.2 Å². The second-order valence-corrected chi connectivity index (χ2v) is 3.08. The van der Waals surface area contributed by atoms with Gasteiger partial charge in [0.25, 0.3) is 0 Å². The fourth-order valence-corrected chi connectivity index (χ4v) is 1.43. The molecule has 4 nitrogen and oxygen atoms in total. The fourth-order valence-electron chi connectivity index (χ4n) is 1.23. The molecule has 0 spiro atoms. The lowest BCUT2D eigenvalue weighted by Gasteiger charge is -2.12. The van der Waals surface area contributed by atoms with Gasteiger partial charge in [-0.3, -0.25) is 0 Å². The summed E-state index contributed by atoms with van der Waals surface area (Å²) in [4.78, 5) is 13.5. The molecule has 0 saturated carbocycles. The van der Waals surface area contributed by atoms with Gasteiger partial charge in [0.15, 0.2) is 11.5 Å². The molecular weight excluding hydrogens is 218 g/mol. The van der Waals surface area contributed by atoms with E-state index in [1.54, 1.807) is 12.1 Å². The van der Waals surface area contributed by atoms with Crippen LogP contribution < -0.4 is 9.47 Å². The van der Waals surface area contributed by atoms with Crippen molar-refractivity contribution in [3.63, 3.8) is 0 Å². The van der Waals surface area contributed by atoms with E-state index in [2.05, 4.69) is 4.99 Å². The minimum Gasteiger partial charge on any atom is -0.493 e. The summed E-state index contributed by atoms with van der Waals surface area (Å²) in [5, 5.41) is 0.478. The first kappa shape index (κ1) is 11.6. The summed E-state index contributed by atoms with van der Waals surface area (Å²) in [6.45, 7) is 0.128. The highest BCUT2D eigenvalue weighted by atomic mass is 35.5. The molecule has 0 fully saturated rings. The van der Waals surface area contributed by atoms with Crippen LogP contribution in [0.15, 0.2) is 17.1 Å². The second kappa shape index (κ2) is 5.39. The molecule has 1 rings (SSSR count). The molecule has 15 heavy (non-hydrogen) atoms. The first-order valence-electron chi connectivity index (χ1n) is 4.17. The van der Waals surface area contributed by atoms with E-state index in [1.807, 2.05) is 0 Å². The van der Waals surface area contributed by atoms with Crippen LogP contribution in [0.25, 0.3) is 0 Å². The number of benzene rings is 1. The minimum absolute atomic E-state index is 0.128. The van der Waals surface area contributed by atoms with Gasteiger partial charge < -0.3 is 9.47 Å². The quantitative estimate of drug-likeness (QED) is 0.585. The van der Waals surface area contributed by atoms with Gasteiger partial charge in [-0.05, 0) is 12.1 Å². The molecule has 0 unspecified atom stereocenters. The molecule has 1 aromatic rings. The van der Waals surface area contributed by atoms with Crippen molar-refractivity contribution in [3.8, 4) is 11.5 Å². The van der Waals surface area contributed by atoms with Crippen LogP contribution in [0.4, 0.5) is 0 Å². The Bertz CT molecular complexity index is 400. The van der Waals surface area contributed by atoms with Gasteiger partial charge in [0.05, 0.1) is 20.8 Å². The van der Waals surface area contributed by atoms with E-state index in [-0.39, 0.29) is 6.54 Å². The zero-order valence-corrected chi connectivity index (χ0v) is 9.17. The highest BCUT2D eigenvalue weighted by Gasteiger charge is 2.13. The molecule has 0 heterocycles. The summed E-state index contributed by atoms with van der Waals surface area (Å²) in [5.41, 5.74) is 0.613. The number of halogens is 1. The van der Waals surface area contributed by atoms with Crippen LogP contribution in [0, 0.1) is 0 Å². The van der Waals surface area contributed by atoms with Gasteiger partial charge in [0.1, 0.15) is 0 Å². The van der Waals surface area contributed by atoms with Gasteiger partial charge in [-0.1, -0.05) is 11.6 Å². The van der Waals surface area contributed by atoms with Gasteiger partial charge in [-0.2, -0.15) is 0 Å². The number of ether oxygens (including phenoxy) is 2. The number of aliphatic imine (C=N–C) groups is 1. The predicted molar refractivity (Wildman–Crippen MR) is 56.4 cm³/mol. The van der Waals surface area contributed by atoms with Crippen LogP contribution in [0.2, 0.25) is 5.02 Å². The van der Waals surface area contributed by atoms with Gasteiger partial charge >= 0.3 is 0 Å². The van der Waals surface area contributed by atoms with E-state index in [4.69, 9.17) is 21.1 Å². The zero-order chi connectivity index (χ0) is 11.3. The van der Waals surface area contributed by atoms with Crippen LogP contribution in [-0.4, -0.2) is 20.3 Å². The summed E-state index contributed by atoms with van der Waals surface area (Å²) < 4.78 is 10.2. The third-order valence-electron chi connectivity index (χ3n) is 1.89. The lowest BCUT2D eigenvalue weighted by atomic mass is 10.2. The fraction of sp³-hybridized carbons (Fsp3) is 0.300. The Hall–Kier alpha value is -1.51. The molecule has 80 valence electrons. The van der Waals surface area contributed by atoms with Gasteiger partial charge in [-0.25, -0.2) is 9.79 Å². The third kappa shape index (κ3) is 2.49. The highest BCUT2D eigenvalue weighted by Crippen LogP contribution is 2.36. The smallest absolute Gasteiger partial charge is 0.235 e. The molecule has 0 N–H and O–H groups in total. The maximum atomic E-state index is 10.0. The Balaban J connectivity index is 3.24. The van der Waals surface area contributed by atoms with Crippen molar-refractivity contribution in [2.45, 2.75) is 6.54 Å². The number of methoxy groups -OCH3 is 2. The molecular formula is C10H10ClNO3. The van der Waals surface area contributed by atoms with Gasteiger partial charge in [0.2, 0.25) is 6.08 Å². The summed E-state index contributed by atoms with van der Waals surface area (Å²) in [6, 6.07) is 3.36. The van der Waals surface area contributed by atoms with Crippen LogP contribution in [0.3, 0.4) is 0 Å². The number of isocyanates is 1. The molecule has 5 heteroatoms. The molecule has 0 amide bonds. The Labute approximate surface area is 92.5 Å². The van der Waals surface area contributed by atoms with Crippen molar-refractivity contribution in [2.24, 2.45) is 4.99 Å². The van der Waals surface area contributed by atoms with Crippen molar-refractivity contribution in [1.29, 1.82) is 0 Å². The number of nitrogens with zero attached hydrogens (tertiary/aromatic N) is 1. The summed E-state index contributed by atoms with van der Waals surface area (Å²) in [7, 11) is 3.03. The molecule has 0 aliphatic rings. The Kier molecular flexibility index (Phi) is 4.16. The summed E-state index contributed by atoms with van der Waals surface area (Å²) >= 11 is 5.95. The van der Waals surface area contributed by atoms with Gasteiger partial charge in [-0.15, -0.1) is 0 Å². The number of rotatable bonds is 4. The molecule has 0 atom stereocenters. The standard InChI is InChI=1S/C10H10ClNO3/c1-14-9-4-3-8(11)7(5-12-6-13)10(9)15-2/h3-4H,5H2,1-2H3. The molecule has 0 radical (unpaired) electrons. The normalized spacial score (nSPS) is 9.27. The lowest BCUT2D eigenvalue weighted by molar-refractivity contribution is 0.352. The van der Waals surface area contributed by atoms with Crippen LogP contribution in [0.1, 0.15) is 5.56 Å². The average Bonchev–Trinajstić information content (AvgIpc) is 2.27. The van der Waals surface area contributed by atoms with Gasteiger partial charge in [0, 0.05) is 10.6 Å². The van der Waals surface area contributed by atoms with Crippen molar-refractivity contribution in [1.82, 2.24) is 0 Å². The van der Waals surface area contributed by atoms with E-state index in [0.29, 0.717) is 22.1 Å². The largest absolute Gasteiger partial charge is 0.493 e. The highest BCUT2D eigenvalue weighted by molar-refractivity contribution is 6.31. The molecule has 0 bridgehead atoms. The topological polar surface area (TPSA) is 47.9 Å². The Morgan fingerprint density at radius 3 is 2.67 bits per heavy atom. The third-order valence-corrected chi connectivity index (χ3v) is 2.25. The van der Waals surface area contributed by atoms with Crippen molar-refractivity contribution in [3.05, 3.63) is 22.7 Å². The van der Waals surface area contributed by atoms with E-state index >= 15 is 0 Å². The Morgan fingerprint density at radius 1 is 1.40 bits per heavy atom. The molecule has 0 aliphatic heterocycles. The minimum atomic E-state index is 0.128. The van der Waals surface area contributed by atoms with Crippen molar-refractivity contribution >= 4 is 17.7 Å². The predicted octanol–water partition coefficient (Wildman–Crippen LogP) is 2.19. The number of carbonyl (C=O) groups excluding carboxylic acids is 1. The summed E-state index contributed by atoms with van der Waals surface area (Å²) in [5.74, 6) is 1.04. The van der Waals surface area contributed by atoms with Crippen molar-refractivity contribution < 1.29 is 14.3 Å². The van der Waals surface area contributed by atoms with E-state index < -0.39 is 0 Å². The molecule has 0 aliphatic carbocycles. The average molecular weight is 228 g/mol.